The molecule has 0 radical (unpaired) electrons. The monoisotopic (exact) mass is 271 g/mol. The number of hydrogen-bond donors (Lipinski definition) is 1. The van der Waals surface area contributed by atoms with E-state index in [9.17, 15) is 0 Å². The molecule has 1 nitrogen and oxygen atoms in total. The molecule has 100 valence electrons. The zero-order valence-corrected chi connectivity index (χ0v) is 12.2. The zero-order chi connectivity index (χ0) is 13.1. The van der Waals surface area contributed by atoms with Gasteiger partial charge in [-0.25, -0.2) is 0 Å². The molecule has 1 saturated carbocycles. The van der Waals surface area contributed by atoms with Gasteiger partial charge in [0.2, 0.25) is 0 Å². The maximum atomic E-state index is 3.72. The lowest BCUT2D eigenvalue weighted by molar-refractivity contribution is 0.488. The second kappa shape index (κ2) is 5.89. The third-order valence-electron chi connectivity index (χ3n) is 3.70. The fourth-order valence-electron chi connectivity index (χ4n) is 2.51. The predicted octanol–water partition coefficient (Wildman–Crippen LogP) is 4.87. The van der Waals surface area contributed by atoms with Crippen LogP contribution in [-0.2, 0) is 0 Å². The minimum absolute atomic E-state index is 0.586. The van der Waals surface area contributed by atoms with Gasteiger partial charge in [0.15, 0.2) is 0 Å². The van der Waals surface area contributed by atoms with Crippen LogP contribution in [0, 0.1) is 5.92 Å². The summed E-state index contributed by atoms with van der Waals surface area (Å²) in [6.45, 7) is 3.36. The Balaban J connectivity index is 1.79. The highest BCUT2D eigenvalue weighted by atomic mass is 32.1. The van der Waals surface area contributed by atoms with Gasteiger partial charge in [0, 0.05) is 15.8 Å². The Bertz CT molecular complexity index is 513. The minimum Gasteiger partial charge on any atom is -0.309 e. The highest BCUT2D eigenvalue weighted by Crippen LogP contribution is 2.44. The van der Waals surface area contributed by atoms with E-state index in [-0.39, 0.29) is 0 Å². The lowest BCUT2D eigenvalue weighted by Crippen LogP contribution is -2.22. The molecular weight excluding hydrogens is 250 g/mol. The van der Waals surface area contributed by atoms with Crippen molar-refractivity contribution in [3.05, 3.63) is 47.3 Å². The van der Waals surface area contributed by atoms with E-state index in [1.165, 1.54) is 34.6 Å². The molecule has 19 heavy (non-hydrogen) atoms. The average molecular weight is 271 g/mol. The maximum absolute atomic E-state index is 3.72. The summed E-state index contributed by atoms with van der Waals surface area (Å²) in [5, 5.41) is 3.72. The molecule has 1 aromatic carbocycles. The second-order valence-electron chi connectivity index (χ2n) is 5.34. The fourth-order valence-corrected chi connectivity index (χ4v) is 3.69. The summed E-state index contributed by atoms with van der Waals surface area (Å²) in [5.41, 5.74) is 1.34. The third kappa shape index (κ3) is 3.07. The van der Waals surface area contributed by atoms with Gasteiger partial charge in [-0.2, -0.15) is 0 Å². The molecule has 1 unspecified atom stereocenters. The van der Waals surface area contributed by atoms with Crippen LogP contribution in [0.2, 0.25) is 0 Å². The first-order chi connectivity index (χ1) is 9.38. The summed E-state index contributed by atoms with van der Waals surface area (Å²) in [6, 6.07) is 15.9. The highest BCUT2D eigenvalue weighted by molar-refractivity contribution is 7.15. The lowest BCUT2D eigenvalue weighted by atomic mass is 10.1. The van der Waals surface area contributed by atoms with E-state index in [0.717, 1.165) is 12.5 Å². The molecule has 1 aromatic heterocycles. The van der Waals surface area contributed by atoms with Crippen molar-refractivity contribution in [3.8, 4) is 10.4 Å². The van der Waals surface area contributed by atoms with Crippen molar-refractivity contribution >= 4 is 11.3 Å². The minimum atomic E-state index is 0.586. The fraction of sp³-hybridized carbons (Fsp3) is 0.412. The zero-order valence-electron chi connectivity index (χ0n) is 11.4. The molecule has 2 heteroatoms. The van der Waals surface area contributed by atoms with Crippen molar-refractivity contribution in [2.45, 2.75) is 32.2 Å². The molecule has 1 fully saturated rings. The molecule has 1 N–H and O–H groups in total. The van der Waals surface area contributed by atoms with Gasteiger partial charge < -0.3 is 5.32 Å². The topological polar surface area (TPSA) is 12.0 Å². The first-order valence-corrected chi connectivity index (χ1v) is 8.08. The van der Waals surface area contributed by atoms with Gasteiger partial charge >= 0.3 is 0 Å². The third-order valence-corrected chi connectivity index (χ3v) is 4.92. The molecule has 0 saturated heterocycles. The summed E-state index contributed by atoms with van der Waals surface area (Å²) in [5.74, 6) is 0.869. The maximum Gasteiger partial charge on any atom is 0.0443 e. The summed E-state index contributed by atoms with van der Waals surface area (Å²) in [7, 11) is 0. The van der Waals surface area contributed by atoms with E-state index in [1.54, 1.807) is 0 Å². The Hall–Kier alpha value is -1.12. The van der Waals surface area contributed by atoms with Gasteiger partial charge in [-0.3, -0.25) is 0 Å². The van der Waals surface area contributed by atoms with Gasteiger partial charge in [0.1, 0.15) is 0 Å². The Morgan fingerprint density at radius 1 is 1.16 bits per heavy atom. The molecule has 1 aliphatic rings. The van der Waals surface area contributed by atoms with Crippen LogP contribution in [0.4, 0.5) is 0 Å². The van der Waals surface area contributed by atoms with E-state index in [2.05, 4.69) is 54.7 Å². The summed E-state index contributed by atoms with van der Waals surface area (Å²) >= 11 is 1.95. The molecule has 2 aromatic rings. The van der Waals surface area contributed by atoms with Crippen molar-refractivity contribution in [1.29, 1.82) is 0 Å². The van der Waals surface area contributed by atoms with E-state index in [1.807, 2.05) is 11.3 Å². The summed E-state index contributed by atoms with van der Waals surface area (Å²) in [4.78, 5) is 2.90. The Kier molecular flexibility index (Phi) is 4.00. The number of hydrogen-bond acceptors (Lipinski definition) is 2. The Labute approximate surface area is 119 Å². The molecule has 1 aliphatic carbocycles. The smallest absolute Gasteiger partial charge is 0.0443 e. The summed E-state index contributed by atoms with van der Waals surface area (Å²) < 4.78 is 0. The van der Waals surface area contributed by atoms with Crippen LogP contribution < -0.4 is 5.32 Å². The Morgan fingerprint density at radius 2 is 1.95 bits per heavy atom. The van der Waals surface area contributed by atoms with Crippen LogP contribution >= 0.6 is 11.3 Å². The quantitative estimate of drug-likeness (QED) is 0.790. The van der Waals surface area contributed by atoms with Crippen LogP contribution in [0.5, 0.6) is 0 Å². The van der Waals surface area contributed by atoms with Gasteiger partial charge in [-0.05, 0) is 49.4 Å². The first kappa shape index (κ1) is 12.9. The SMILES string of the molecule is CCCNC(c1ccc(-c2ccccc2)s1)C1CC1. The molecule has 0 spiro atoms. The van der Waals surface area contributed by atoms with E-state index < -0.39 is 0 Å². The van der Waals surface area contributed by atoms with Crippen molar-refractivity contribution in [2.24, 2.45) is 5.92 Å². The standard InChI is InChI=1S/C17H21NS/c1-2-12-18-17(14-8-9-14)16-11-10-15(19-16)13-6-4-3-5-7-13/h3-7,10-11,14,17-18H,2,8-9,12H2,1H3. The molecule has 1 heterocycles. The number of nitrogens with one attached hydrogen (secondary N) is 1. The Morgan fingerprint density at radius 3 is 2.63 bits per heavy atom. The van der Waals surface area contributed by atoms with Crippen molar-refractivity contribution < 1.29 is 0 Å². The molecule has 0 amide bonds. The predicted molar refractivity (Wildman–Crippen MR) is 83.5 cm³/mol. The van der Waals surface area contributed by atoms with Crippen molar-refractivity contribution in [3.63, 3.8) is 0 Å². The van der Waals surface area contributed by atoms with E-state index in [4.69, 9.17) is 0 Å². The summed E-state index contributed by atoms with van der Waals surface area (Å²) in [6.07, 6.45) is 3.99. The number of thiophene rings is 1. The van der Waals surface area contributed by atoms with Crippen LogP contribution in [-0.4, -0.2) is 6.54 Å². The normalized spacial score (nSPS) is 16.5. The average Bonchev–Trinajstić information content (AvgIpc) is 3.17. The second-order valence-corrected chi connectivity index (χ2v) is 6.45. The molecular formula is C17H21NS. The van der Waals surface area contributed by atoms with Crippen LogP contribution in [0.15, 0.2) is 42.5 Å². The van der Waals surface area contributed by atoms with E-state index in [0.29, 0.717) is 6.04 Å². The van der Waals surface area contributed by atoms with Gasteiger partial charge in [0.25, 0.3) is 0 Å². The molecule has 1 atom stereocenters. The van der Waals surface area contributed by atoms with Crippen LogP contribution in [0.3, 0.4) is 0 Å². The van der Waals surface area contributed by atoms with Crippen LogP contribution in [0.1, 0.15) is 37.1 Å². The van der Waals surface area contributed by atoms with Gasteiger partial charge in [0.05, 0.1) is 0 Å². The van der Waals surface area contributed by atoms with Crippen LogP contribution in [0.25, 0.3) is 10.4 Å². The number of rotatable bonds is 6. The van der Waals surface area contributed by atoms with Gasteiger partial charge in [-0.1, -0.05) is 37.3 Å². The number of benzene rings is 1. The van der Waals surface area contributed by atoms with Crippen molar-refractivity contribution in [2.75, 3.05) is 6.54 Å². The first-order valence-electron chi connectivity index (χ1n) is 7.27. The van der Waals surface area contributed by atoms with E-state index >= 15 is 0 Å². The molecule has 0 bridgehead atoms. The highest BCUT2D eigenvalue weighted by Gasteiger charge is 2.32. The molecule has 3 rings (SSSR count). The van der Waals surface area contributed by atoms with Crippen molar-refractivity contribution in [1.82, 2.24) is 5.32 Å². The molecule has 0 aliphatic heterocycles. The largest absolute Gasteiger partial charge is 0.309 e. The lowest BCUT2D eigenvalue weighted by Gasteiger charge is -2.16. The van der Waals surface area contributed by atoms with Gasteiger partial charge in [-0.15, -0.1) is 11.3 Å².